The average Bonchev–Trinajstić information content (AvgIpc) is 2.38. The fourth-order valence-corrected chi connectivity index (χ4v) is 1.68. The van der Waals surface area contributed by atoms with Crippen molar-refractivity contribution in [1.29, 1.82) is 0 Å². The van der Waals surface area contributed by atoms with Gasteiger partial charge in [-0.05, 0) is 37.1 Å². The lowest BCUT2D eigenvalue weighted by atomic mass is 10.1. The van der Waals surface area contributed by atoms with Gasteiger partial charge in [0.15, 0.2) is 0 Å². The third-order valence-corrected chi connectivity index (χ3v) is 2.61. The van der Waals surface area contributed by atoms with Gasteiger partial charge in [0.25, 0.3) is 0 Å². The fraction of sp³-hybridized carbons (Fsp3) is 0.133. The van der Waals surface area contributed by atoms with Crippen molar-refractivity contribution in [3.05, 3.63) is 59.7 Å². The molecule has 0 aliphatic heterocycles. The van der Waals surface area contributed by atoms with Gasteiger partial charge < -0.3 is 0 Å². The zero-order valence-electron chi connectivity index (χ0n) is 10.5. The van der Waals surface area contributed by atoms with E-state index in [1.807, 2.05) is 62.4 Å². The minimum Gasteiger partial charge on any atom is -0.235 e. The van der Waals surface area contributed by atoms with E-state index < -0.39 is 0 Å². The van der Waals surface area contributed by atoms with Crippen LogP contribution < -0.4 is 0 Å². The van der Waals surface area contributed by atoms with Gasteiger partial charge in [0, 0.05) is 0 Å². The normalized spacial score (nSPS) is 11.4. The largest absolute Gasteiger partial charge is 0.235 e. The molecule has 2 aromatic carbocycles. The van der Waals surface area contributed by atoms with E-state index in [0.717, 1.165) is 22.5 Å². The molecule has 0 aliphatic carbocycles. The highest BCUT2D eigenvalue weighted by atomic mass is 15.1. The Kier molecular flexibility index (Phi) is 3.97. The van der Waals surface area contributed by atoms with Crippen LogP contribution in [-0.2, 0) is 0 Å². The smallest absolute Gasteiger partial charge is 0.138 e. The van der Waals surface area contributed by atoms with Crippen molar-refractivity contribution < 1.29 is 0 Å². The first-order chi connectivity index (χ1) is 8.77. The van der Waals surface area contributed by atoms with Gasteiger partial charge in [-0.15, -0.1) is 10.2 Å². The average molecular weight is 237 g/mol. The summed E-state index contributed by atoms with van der Waals surface area (Å²) in [7, 11) is 0. The summed E-state index contributed by atoms with van der Waals surface area (Å²) in [4.78, 5) is 4.33. The van der Waals surface area contributed by atoms with Gasteiger partial charge in [-0.25, -0.2) is 4.99 Å². The third-order valence-electron chi connectivity index (χ3n) is 2.61. The van der Waals surface area contributed by atoms with Crippen LogP contribution in [0.25, 0.3) is 0 Å². The van der Waals surface area contributed by atoms with Crippen LogP contribution in [0.5, 0.6) is 0 Å². The Labute approximate surface area is 107 Å². The Morgan fingerprint density at radius 2 is 1.50 bits per heavy atom. The molecule has 3 nitrogen and oxygen atoms in total. The van der Waals surface area contributed by atoms with Crippen molar-refractivity contribution >= 4 is 17.7 Å². The molecular weight excluding hydrogens is 222 g/mol. The molecule has 0 bridgehead atoms. The lowest BCUT2D eigenvalue weighted by molar-refractivity contribution is 1.27. The lowest BCUT2D eigenvalue weighted by Gasteiger charge is -2.01. The van der Waals surface area contributed by atoms with Crippen molar-refractivity contribution in [3.8, 4) is 0 Å². The van der Waals surface area contributed by atoms with Crippen molar-refractivity contribution in [2.24, 2.45) is 15.2 Å². The van der Waals surface area contributed by atoms with Crippen LogP contribution in [0.15, 0.2) is 63.8 Å². The van der Waals surface area contributed by atoms with E-state index in [0.29, 0.717) is 0 Å². The molecule has 90 valence electrons. The van der Waals surface area contributed by atoms with E-state index in [9.17, 15) is 0 Å². The standard InChI is InChI=1S/C15H15N3/c1-12-7-6-8-13(2)15(12)16-11-17-18-14-9-4-3-5-10-14/h3-11H,1-2H3. The molecule has 0 amide bonds. The predicted molar refractivity (Wildman–Crippen MR) is 75.0 cm³/mol. The summed E-state index contributed by atoms with van der Waals surface area (Å²) in [6.07, 6.45) is 1.49. The van der Waals surface area contributed by atoms with Crippen molar-refractivity contribution in [2.75, 3.05) is 0 Å². The summed E-state index contributed by atoms with van der Waals surface area (Å²) >= 11 is 0. The van der Waals surface area contributed by atoms with Gasteiger partial charge in [-0.2, -0.15) is 0 Å². The number of hydrogen-bond acceptors (Lipinski definition) is 2. The number of aliphatic imine (C=N–C) groups is 1. The first kappa shape index (κ1) is 12.2. The molecule has 0 fully saturated rings. The second-order valence-corrected chi connectivity index (χ2v) is 4.04. The van der Waals surface area contributed by atoms with Crippen LogP contribution in [-0.4, -0.2) is 6.34 Å². The molecule has 3 heteroatoms. The second-order valence-electron chi connectivity index (χ2n) is 4.04. The van der Waals surface area contributed by atoms with Crippen molar-refractivity contribution in [2.45, 2.75) is 13.8 Å². The van der Waals surface area contributed by atoms with E-state index in [1.165, 1.54) is 6.34 Å². The van der Waals surface area contributed by atoms with Gasteiger partial charge in [-0.3, -0.25) is 0 Å². The molecule has 0 aliphatic rings. The van der Waals surface area contributed by atoms with E-state index >= 15 is 0 Å². The SMILES string of the molecule is Cc1cccc(C)c1N=CN=Nc1ccccc1. The predicted octanol–water partition coefficient (Wildman–Crippen LogP) is 4.75. The van der Waals surface area contributed by atoms with Gasteiger partial charge in [0.1, 0.15) is 6.34 Å². The van der Waals surface area contributed by atoms with Gasteiger partial charge in [0.2, 0.25) is 0 Å². The number of hydrogen-bond donors (Lipinski definition) is 0. The summed E-state index contributed by atoms with van der Waals surface area (Å²) in [5.41, 5.74) is 4.07. The van der Waals surface area contributed by atoms with E-state index in [2.05, 4.69) is 15.2 Å². The summed E-state index contributed by atoms with van der Waals surface area (Å²) in [5, 5.41) is 8.01. The summed E-state index contributed by atoms with van der Waals surface area (Å²) in [6, 6.07) is 15.7. The maximum absolute atomic E-state index is 4.33. The van der Waals surface area contributed by atoms with Gasteiger partial charge >= 0.3 is 0 Å². The highest BCUT2D eigenvalue weighted by Crippen LogP contribution is 2.22. The monoisotopic (exact) mass is 237 g/mol. The van der Waals surface area contributed by atoms with Crippen LogP contribution in [0.3, 0.4) is 0 Å². The highest BCUT2D eigenvalue weighted by molar-refractivity contribution is 5.65. The summed E-state index contributed by atoms with van der Waals surface area (Å²) in [5.74, 6) is 0. The molecule has 0 N–H and O–H groups in total. The van der Waals surface area contributed by atoms with Crippen LogP contribution in [0, 0.1) is 13.8 Å². The number of rotatable bonds is 3. The maximum atomic E-state index is 4.33. The molecule has 0 atom stereocenters. The molecule has 2 aromatic rings. The van der Waals surface area contributed by atoms with Crippen molar-refractivity contribution in [3.63, 3.8) is 0 Å². The number of benzene rings is 2. The number of aryl methyl sites for hydroxylation is 2. The molecule has 0 unspecified atom stereocenters. The van der Waals surface area contributed by atoms with Crippen LogP contribution in [0.2, 0.25) is 0 Å². The number of azo groups is 1. The topological polar surface area (TPSA) is 37.1 Å². The summed E-state index contributed by atoms with van der Waals surface area (Å²) < 4.78 is 0. The van der Waals surface area contributed by atoms with E-state index in [-0.39, 0.29) is 0 Å². The zero-order chi connectivity index (χ0) is 12.8. The second kappa shape index (κ2) is 5.87. The van der Waals surface area contributed by atoms with Crippen molar-refractivity contribution in [1.82, 2.24) is 0 Å². The third kappa shape index (κ3) is 3.10. The molecule has 0 saturated carbocycles. The first-order valence-corrected chi connectivity index (χ1v) is 5.82. The Morgan fingerprint density at radius 3 is 2.17 bits per heavy atom. The molecular formula is C15H15N3. The maximum Gasteiger partial charge on any atom is 0.138 e. The van der Waals surface area contributed by atoms with Gasteiger partial charge in [0.05, 0.1) is 11.4 Å². The molecule has 2 rings (SSSR count). The Hall–Kier alpha value is -2.29. The number of nitrogens with zero attached hydrogens (tertiary/aromatic N) is 3. The molecule has 0 spiro atoms. The first-order valence-electron chi connectivity index (χ1n) is 5.82. The Bertz CT molecular complexity index is 551. The minimum atomic E-state index is 0.824. The highest BCUT2D eigenvalue weighted by Gasteiger charge is 1.97. The quantitative estimate of drug-likeness (QED) is 0.420. The summed E-state index contributed by atoms with van der Waals surface area (Å²) in [6.45, 7) is 4.07. The molecule has 18 heavy (non-hydrogen) atoms. The molecule has 0 aromatic heterocycles. The number of para-hydroxylation sites is 1. The lowest BCUT2D eigenvalue weighted by Crippen LogP contribution is -1.79. The molecule has 0 radical (unpaired) electrons. The van der Waals surface area contributed by atoms with E-state index in [4.69, 9.17) is 0 Å². The molecule has 0 saturated heterocycles. The Morgan fingerprint density at radius 1 is 0.833 bits per heavy atom. The van der Waals surface area contributed by atoms with Crippen LogP contribution in [0.4, 0.5) is 11.4 Å². The molecule has 0 heterocycles. The van der Waals surface area contributed by atoms with Gasteiger partial charge in [-0.1, -0.05) is 36.4 Å². The minimum absolute atomic E-state index is 0.824. The van der Waals surface area contributed by atoms with Crippen LogP contribution in [0.1, 0.15) is 11.1 Å². The van der Waals surface area contributed by atoms with Crippen LogP contribution >= 0.6 is 0 Å². The zero-order valence-corrected chi connectivity index (χ0v) is 10.5. The fourth-order valence-electron chi connectivity index (χ4n) is 1.68. The Balaban J connectivity index is 2.11. The van der Waals surface area contributed by atoms with E-state index in [1.54, 1.807) is 0 Å².